The molecular formula is C9H12N2O2. The minimum Gasteiger partial charge on any atom is -0.356 e. The van der Waals surface area contributed by atoms with Crippen molar-refractivity contribution in [2.45, 2.75) is 25.5 Å². The van der Waals surface area contributed by atoms with Crippen LogP contribution < -0.4 is 0 Å². The van der Waals surface area contributed by atoms with Crippen LogP contribution in [0.25, 0.3) is 0 Å². The Balaban J connectivity index is 1.98. The zero-order valence-electron chi connectivity index (χ0n) is 7.40. The molecule has 3 aliphatic heterocycles. The number of hydrogen-bond acceptors (Lipinski definition) is 3. The Morgan fingerprint density at radius 3 is 3.38 bits per heavy atom. The van der Waals surface area contributed by atoms with Crippen LogP contribution in [0, 0.1) is 5.92 Å². The lowest BCUT2D eigenvalue weighted by molar-refractivity contribution is -0.133. The van der Waals surface area contributed by atoms with Gasteiger partial charge in [-0.05, 0) is 12.8 Å². The van der Waals surface area contributed by atoms with Crippen LogP contribution in [-0.4, -0.2) is 36.0 Å². The van der Waals surface area contributed by atoms with Crippen molar-refractivity contribution in [2.24, 2.45) is 10.9 Å². The Labute approximate surface area is 76.6 Å². The van der Waals surface area contributed by atoms with E-state index in [0.29, 0.717) is 6.61 Å². The molecule has 0 aromatic heterocycles. The maximum absolute atomic E-state index is 11.9. The second-order valence-corrected chi connectivity index (χ2v) is 3.80. The fraction of sp³-hybridized carbons (Fsp3) is 0.778. The van der Waals surface area contributed by atoms with E-state index in [1.807, 2.05) is 4.90 Å². The molecule has 0 aromatic carbocycles. The van der Waals surface area contributed by atoms with E-state index in [1.54, 1.807) is 0 Å². The predicted octanol–water partition coefficient (Wildman–Crippen LogP) is 0.383. The second-order valence-electron chi connectivity index (χ2n) is 3.80. The SMILES string of the molecule is O=C1C2CCOC2N=C2CCCN12. The summed E-state index contributed by atoms with van der Waals surface area (Å²) in [5.74, 6) is 1.21. The van der Waals surface area contributed by atoms with Crippen LogP contribution in [0.1, 0.15) is 19.3 Å². The summed E-state index contributed by atoms with van der Waals surface area (Å²) in [5.41, 5.74) is 0. The number of hydrogen-bond donors (Lipinski definition) is 0. The summed E-state index contributed by atoms with van der Waals surface area (Å²) in [6.45, 7) is 1.55. The van der Waals surface area contributed by atoms with E-state index in [9.17, 15) is 4.79 Å². The van der Waals surface area contributed by atoms with Crippen molar-refractivity contribution in [3.63, 3.8) is 0 Å². The lowest BCUT2D eigenvalue weighted by Crippen LogP contribution is -2.44. The molecule has 4 heteroatoms. The van der Waals surface area contributed by atoms with Crippen molar-refractivity contribution in [1.82, 2.24) is 4.90 Å². The third-order valence-corrected chi connectivity index (χ3v) is 3.01. The van der Waals surface area contributed by atoms with Crippen molar-refractivity contribution in [2.75, 3.05) is 13.2 Å². The van der Waals surface area contributed by atoms with Crippen molar-refractivity contribution in [3.05, 3.63) is 0 Å². The number of rotatable bonds is 0. The number of carbonyl (C=O) groups is 1. The maximum Gasteiger partial charge on any atom is 0.235 e. The summed E-state index contributed by atoms with van der Waals surface area (Å²) in [4.78, 5) is 18.2. The van der Waals surface area contributed by atoms with E-state index in [-0.39, 0.29) is 18.1 Å². The molecule has 2 fully saturated rings. The number of amides is 1. The van der Waals surface area contributed by atoms with Crippen molar-refractivity contribution < 1.29 is 9.53 Å². The minimum atomic E-state index is -0.156. The first-order chi connectivity index (χ1) is 6.36. The monoisotopic (exact) mass is 180 g/mol. The Hall–Kier alpha value is -0.900. The standard InChI is InChI=1S/C9H12N2O2/c12-9-6-3-5-13-8(6)10-7-2-1-4-11(7)9/h6,8H,1-5H2. The molecule has 4 nitrogen and oxygen atoms in total. The van der Waals surface area contributed by atoms with Gasteiger partial charge in [-0.2, -0.15) is 0 Å². The quantitative estimate of drug-likeness (QED) is 0.541. The van der Waals surface area contributed by atoms with Gasteiger partial charge < -0.3 is 9.64 Å². The van der Waals surface area contributed by atoms with Gasteiger partial charge in [-0.15, -0.1) is 0 Å². The molecule has 3 heterocycles. The van der Waals surface area contributed by atoms with Gasteiger partial charge in [-0.1, -0.05) is 0 Å². The number of carbonyl (C=O) groups excluding carboxylic acids is 1. The topological polar surface area (TPSA) is 41.9 Å². The van der Waals surface area contributed by atoms with Crippen molar-refractivity contribution in [3.8, 4) is 0 Å². The molecule has 0 saturated carbocycles. The van der Waals surface area contributed by atoms with Crippen molar-refractivity contribution in [1.29, 1.82) is 0 Å². The minimum absolute atomic E-state index is 0.0156. The molecule has 0 bridgehead atoms. The summed E-state index contributed by atoms with van der Waals surface area (Å²) in [5, 5.41) is 0. The van der Waals surface area contributed by atoms with Crippen LogP contribution in [0.4, 0.5) is 0 Å². The molecule has 0 radical (unpaired) electrons. The molecule has 0 N–H and O–H groups in total. The number of fused-ring (bicyclic) bond motifs is 2. The van der Waals surface area contributed by atoms with Crippen LogP contribution in [-0.2, 0) is 9.53 Å². The lowest BCUT2D eigenvalue weighted by atomic mass is 10.0. The van der Waals surface area contributed by atoms with E-state index >= 15 is 0 Å². The Morgan fingerprint density at radius 1 is 1.54 bits per heavy atom. The summed E-state index contributed by atoms with van der Waals surface area (Å²) in [6, 6.07) is 0. The zero-order chi connectivity index (χ0) is 8.84. The largest absolute Gasteiger partial charge is 0.356 e. The molecule has 2 saturated heterocycles. The first-order valence-electron chi connectivity index (χ1n) is 4.86. The van der Waals surface area contributed by atoms with Gasteiger partial charge in [0.05, 0.1) is 12.5 Å². The second kappa shape index (κ2) is 2.54. The Bertz CT molecular complexity index is 287. The van der Waals surface area contributed by atoms with Crippen molar-refractivity contribution >= 4 is 11.7 Å². The lowest BCUT2D eigenvalue weighted by Gasteiger charge is -2.28. The summed E-state index contributed by atoms with van der Waals surface area (Å²) >= 11 is 0. The molecule has 0 spiro atoms. The zero-order valence-corrected chi connectivity index (χ0v) is 7.40. The number of nitrogens with zero attached hydrogens (tertiary/aromatic N) is 2. The van der Waals surface area contributed by atoms with Gasteiger partial charge in [0.15, 0.2) is 6.23 Å². The molecule has 70 valence electrons. The highest BCUT2D eigenvalue weighted by atomic mass is 16.5. The maximum atomic E-state index is 11.9. The molecule has 13 heavy (non-hydrogen) atoms. The molecule has 2 atom stereocenters. The van der Waals surface area contributed by atoms with E-state index in [0.717, 1.165) is 31.6 Å². The summed E-state index contributed by atoms with van der Waals surface area (Å²) < 4.78 is 5.40. The summed E-state index contributed by atoms with van der Waals surface area (Å²) in [7, 11) is 0. The molecule has 2 unspecified atom stereocenters. The number of amidine groups is 1. The molecule has 0 aromatic rings. The van der Waals surface area contributed by atoms with Crippen LogP contribution >= 0.6 is 0 Å². The van der Waals surface area contributed by atoms with Gasteiger partial charge in [0.25, 0.3) is 0 Å². The van der Waals surface area contributed by atoms with Gasteiger partial charge in [0.2, 0.25) is 5.91 Å². The third kappa shape index (κ3) is 0.950. The molecule has 3 rings (SSSR count). The molecule has 3 aliphatic rings. The average Bonchev–Trinajstić information content (AvgIpc) is 2.71. The normalized spacial score (nSPS) is 37.4. The average molecular weight is 180 g/mol. The fourth-order valence-electron chi connectivity index (χ4n) is 2.33. The number of ether oxygens (including phenoxy) is 1. The fourth-order valence-corrected chi connectivity index (χ4v) is 2.33. The molecular weight excluding hydrogens is 168 g/mol. The van der Waals surface area contributed by atoms with Crippen LogP contribution in [0.2, 0.25) is 0 Å². The Morgan fingerprint density at radius 2 is 2.46 bits per heavy atom. The molecule has 0 aliphatic carbocycles. The number of aliphatic imine (C=N–C) groups is 1. The Kier molecular flexibility index (Phi) is 1.47. The van der Waals surface area contributed by atoms with Gasteiger partial charge >= 0.3 is 0 Å². The highest BCUT2D eigenvalue weighted by Crippen LogP contribution is 2.31. The van der Waals surface area contributed by atoms with Gasteiger partial charge in [0.1, 0.15) is 5.84 Å². The van der Waals surface area contributed by atoms with Crippen LogP contribution in [0.15, 0.2) is 4.99 Å². The third-order valence-electron chi connectivity index (χ3n) is 3.01. The van der Waals surface area contributed by atoms with Gasteiger partial charge in [0, 0.05) is 13.0 Å². The van der Waals surface area contributed by atoms with E-state index in [2.05, 4.69) is 4.99 Å². The molecule has 1 amide bonds. The first-order valence-corrected chi connectivity index (χ1v) is 4.86. The van der Waals surface area contributed by atoms with E-state index in [4.69, 9.17) is 4.74 Å². The predicted molar refractivity (Wildman–Crippen MR) is 46.2 cm³/mol. The highest BCUT2D eigenvalue weighted by Gasteiger charge is 2.43. The highest BCUT2D eigenvalue weighted by molar-refractivity contribution is 6.02. The van der Waals surface area contributed by atoms with E-state index in [1.165, 1.54) is 0 Å². The van der Waals surface area contributed by atoms with Crippen LogP contribution in [0.3, 0.4) is 0 Å². The summed E-state index contributed by atoms with van der Waals surface area (Å²) in [6.07, 6.45) is 2.69. The van der Waals surface area contributed by atoms with Gasteiger partial charge in [-0.3, -0.25) is 4.79 Å². The smallest absolute Gasteiger partial charge is 0.235 e. The van der Waals surface area contributed by atoms with Crippen LogP contribution in [0.5, 0.6) is 0 Å². The van der Waals surface area contributed by atoms with Gasteiger partial charge in [-0.25, -0.2) is 4.99 Å². The first kappa shape index (κ1) is 7.50. The van der Waals surface area contributed by atoms with E-state index < -0.39 is 0 Å².